The SMILES string of the molecule is O=c1[nH]c2ccc(C3CCN(C4CCOCC4)CC3)cc2[nH]1. The molecule has 1 aromatic carbocycles. The fourth-order valence-electron chi connectivity index (χ4n) is 3.95. The maximum Gasteiger partial charge on any atom is 0.323 e. The molecule has 0 spiro atoms. The van der Waals surface area contributed by atoms with E-state index in [2.05, 4.69) is 27.0 Å². The minimum absolute atomic E-state index is 0.124. The zero-order valence-electron chi connectivity index (χ0n) is 12.8. The first kappa shape index (κ1) is 14.0. The van der Waals surface area contributed by atoms with Crippen LogP contribution in [0.15, 0.2) is 23.0 Å². The molecule has 118 valence electrons. The van der Waals surface area contributed by atoms with Crippen molar-refractivity contribution in [2.75, 3.05) is 26.3 Å². The van der Waals surface area contributed by atoms with E-state index in [0.717, 1.165) is 30.3 Å². The summed E-state index contributed by atoms with van der Waals surface area (Å²) in [6, 6.07) is 7.05. The second-order valence-corrected chi connectivity index (χ2v) is 6.54. The van der Waals surface area contributed by atoms with Gasteiger partial charge in [-0.2, -0.15) is 0 Å². The molecule has 2 fully saturated rings. The summed E-state index contributed by atoms with van der Waals surface area (Å²) in [5, 5.41) is 0. The molecule has 2 saturated heterocycles. The van der Waals surface area contributed by atoms with Gasteiger partial charge in [-0.05, 0) is 62.4 Å². The Bertz CT molecular complexity index is 691. The number of hydrogen-bond acceptors (Lipinski definition) is 3. The third kappa shape index (κ3) is 2.71. The average molecular weight is 301 g/mol. The fourth-order valence-corrected chi connectivity index (χ4v) is 3.95. The largest absolute Gasteiger partial charge is 0.381 e. The smallest absolute Gasteiger partial charge is 0.323 e. The fraction of sp³-hybridized carbons (Fsp3) is 0.588. The molecule has 0 saturated carbocycles. The molecule has 0 aliphatic carbocycles. The van der Waals surface area contributed by atoms with Crippen LogP contribution in [0.4, 0.5) is 0 Å². The van der Waals surface area contributed by atoms with E-state index >= 15 is 0 Å². The Morgan fingerprint density at radius 2 is 1.73 bits per heavy atom. The molecule has 0 bridgehead atoms. The molecule has 1 aromatic heterocycles. The van der Waals surface area contributed by atoms with Gasteiger partial charge in [0.15, 0.2) is 0 Å². The van der Waals surface area contributed by atoms with Crippen molar-refractivity contribution < 1.29 is 4.74 Å². The summed E-state index contributed by atoms with van der Waals surface area (Å²) in [5.41, 5.74) is 3.05. The van der Waals surface area contributed by atoms with Crippen molar-refractivity contribution in [3.63, 3.8) is 0 Å². The highest BCUT2D eigenvalue weighted by Gasteiger charge is 2.27. The van der Waals surface area contributed by atoms with Crippen LogP contribution in [0.1, 0.15) is 37.2 Å². The lowest BCUT2D eigenvalue weighted by Crippen LogP contribution is -2.43. The molecule has 0 atom stereocenters. The number of aromatic nitrogens is 2. The predicted molar refractivity (Wildman–Crippen MR) is 86.3 cm³/mol. The molecule has 2 aromatic rings. The zero-order chi connectivity index (χ0) is 14.9. The van der Waals surface area contributed by atoms with Crippen molar-refractivity contribution >= 4 is 11.0 Å². The molecule has 0 amide bonds. The number of fused-ring (bicyclic) bond motifs is 1. The summed E-state index contributed by atoms with van der Waals surface area (Å²) < 4.78 is 5.47. The molecule has 5 nitrogen and oxygen atoms in total. The summed E-state index contributed by atoms with van der Waals surface area (Å²) >= 11 is 0. The van der Waals surface area contributed by atoms with Gasteiger partial charge in [0.1, 0.15) is 0 Å². The second kappa shape index (κ2) is 5.89. The third-order valence-electron chi connectivity index (χ3n) is 5.25. The number of likely N-dealkylation sites (tertiary alicyclic amines) is 1. The molecule has 3 heterocycles. The number of ether oxygens (including phenoxy) is 1. The van der Waals surface area contributed by atoms with Crippen LogP contribution < -0.4 is 5.69 Å². The van der Waals surface area contributed by atoms with Crippen molar-refractivity contribution in [1.29, 1.82) is 0 Å². The van der Waals surface area contributed by atoms with Gasteiger partial charge in [-0.25, -0.2) is 4.79 Å². The van der Waals surface area contributed by atoms with Crippen molar-refractivity contribution in [3.05, 3.63) is 34.2 Å². The van der Waals surface area contributed by atoms with Crippen molar-refractivity contribution in [3.8, 4) is 0 Å². The Kier molecular flexibility index (Phi) is 3.76. The maximum absolute atomic E-state index is 11.4. The number of aromatic amines is 2. The highest BCUT2D eigenvalue weighted by atomic mass is 16.5. The van der Waals surface area contributed by atoms with Gasteiger partial charge in [-0.15, -0.1) is 0 Å². The molecule has 2 aliphatic rings. The second-order valence-electron chi connectivity index (χ2n) is 6.54. The monoisotopic (exact) mass is 301 g/mol. The molecule has 5 heteroatoms. The Labute approximate surface area is 129 Å². The summed E-state index contributed by atoms with van der Waals surface area (Å²) in [5.74, 6) is 0.610. The van der Waals surface area contributed by atoms with Gasteiger partial charge in [0.2, 0.25) is 0 Å². The number of rotatable bonds is 2. The Hall–Kier alpha value is -1.59. The lowest BCUT2D eigenvalue weighted by molar-refractivity contribution is 0.0252. The van der Waals surface area contributed by atoms with E-state index in [-0.39, 0.29) is 5.69 Å². The van der Waals surface area contributed by atoms with Crippen LogP contribution in [0, 0.1) is 0 Å². The van der Waals surface area contributed by atoms with E-state index in [4.69, 9.17) is 4.74 Å². The van der Waals surface area contributed by atoms with Gasteiger partial charge in [0.05, 0.1) is 11.0 Å². The van der Waals surface area contributed by atoms with Crippen LogP contribution in [0.2, 0.25) is 0 Å². The quantitative estimate of drug-likeness (QED) is 0.894. The summed E-state index contributed by atoms with van der Waals surface area (Å²) in [7, 11) is 0. The van der Waals surface area contributed by atoms with Gasteiger partial charge in [0, 0.05) is 19.3 Å². The summed E-state index contributed by atoms with van der Waals surface area (Å²) in [6.45, 7) is 4.19. The van der Waals surface area contributed by atoms with Crippen LogP contribution in [-0.2, 0) is 4.74 Å². The molecule has 2 N–H and O–H groups in total. The molecule has 2 aliphatic heterocycles. The van der Waals surface area contributed by atoms with Gasteiger partial charge in [-0.1, -0.05) is 6.07 Å². The predicted octanol–water partition coefficient (Wildman–Crippen LogP) is 2.21. The maximum atomic E-state index is 11.4. The molecular weight excluding hydrogens is 278 g/mol. The Morgan fingerprint density at radius 3 is 2.50 bits per heavy atom. The molecule has 0 radical (unpaired) electrons. The highest BCUT2D eigenvalue weighted by Crippen LogP contribution is 2.31. The summed E-state index contributed by atoms with van der Waals surface area (Å²) in [4.78, 5) is 19.7. The van der Waals surface area contributed by atoms with Crippen LogP contribution >= 0.6 is 0 Å². The number of nitrogens with one attached hydrogen (secondary N) is 2. The third-order valence-corrected chi connectivity index (χ3v) is 5.25. The van der Waals surface area contributed by atoms with Crippen molar-refractivity contribution in [1.82, 2.24) is 14.9 Å². The number of benzene rings is 1. The van der Waals surface area contributed by atoms with Crippen LogP contribution in [0.3, 0.4) is 0 Å². The molecule has 0 unspecified atom stereocenters. The number of imidazole rings is 1. The van der Waals surface area contributed by atoms with Gasteiger partial charge in [-0.3, -0.25) is 0 Å². The van der Waals surface area contributed by atoms with E-state index in [1.807, 2.05) is 6.07 Å². The minimum atomic E-state index is -0.124. The van der Waals surface area contributed by atoms with E-state index < -0.39 is 0 Å². The number of piperidine rings is 1. The first-order chi connectivity index (χ1) is 10.8. The van der Waals surface area contributed by atoms with E-state index in [0.29, 0.717) is 5.92 Å². The van der Waals surface area contributed by atoms with E-state index in [1.54, 1.807) is 0 Å². The number of hydrogen-bond donors (Lipinski definition) is 2. The van der Waals surface area contributed by atoms with Crippen LogP contribution in [0.25, 0.3) is 11.0 Å². The highest BCUT2D eigenvalue weighted by molar-refractivity contribution is 5.75. The van der Waals surface area contributed by atoms with Crippen LogP contribution in [0.5, 0.6) is 0 Å². The van der Waals surface area contributed by atoms with Gasteiger partial charge in [0.25, 0.3) is 0 Å². The molecular formula is C17H23N3O2. The summed E-state index contributed by atoms with van der Waals surface area (Å²) in [6.07, 6.45) is 4.78. The Balaban J connectivity index is 1.44. The standard InChI is InChI=1S/C17H23N3O2/c21-17-18-15-2-1-13(11-16(15)19-17)12-3-7-20(8-4-12)14-5-9-22-10-6-14/h1-2,11-12,14H,3-10H2,(H2,18,19,21). The minimum Gasteiger partial charge on any atom is -0.381 e. The first-order valence-electron chi connectivity index (χ1n) is 8.33. The van der Waals surface area contributed by atoms with Crippen molar-refractivity contribution in [2.45, 2.75) is 37.6 Å². The zero-order valence-corrected chi connectivity index (χ0v) is 12.8. The van der Waals surface area contributed by atoms with E-state index in [9.17, 15) is 4.79 Å². The molecule has 4 rings (SSSR count). The molecule has 22 heavy (non-hydrogen) atoms. The Morgan fingerprint density at radius 1 is 1.00 bits per heavy atom. The normalized spacial score (nSPS) is 22.4. The lowest BCUT2D eigenvalue weighted by Gasteiger charge is -2.39. The topological polar surface area (TPSA) is 61.1 Å². The number of nitrogens with zero attached hydrogens (tertiary/aromatic N) is 1. The van der Waals surface area contributed by atoms with Crippen LogP contribution in [-0.4, -0.2) is 47.2 Å². The van der Waals surface area contributed by atoms with Gasteiger partial charge >= 0.3 is 5.69 Å². The lowest BCUT2D eigenvalue weighted by atomic mass is 9.88. The van der Waals surface area contributed by atoms with Crippen molar-refractivity contribution in [2.24, 2.45) is 0 Å². The van der Waals surface area contributed by atoms with Gasteiger partial charge < -0.3 is 19.6 Å². The number of H-pyrrole nitrogens is 2. The first-order valence-corrected chi connectivity index (χ1v) is 8.33. The van der Waals surface area contributed by atoms with E-state index in [1.165, 1.54) is 44.3 Å². The average Bonchev–Trinajstić information content (AvgIpc) is 2.95.